The molecule has 3 aromatic rings. The number of aryl methyl sites for hydroxylation is 2. The fourth-order valence-electron chi connectivity index (χ4n) is 3.33. The third-order valence-electron chi connectivity index (χ3n) is 4.86. The van der Waals surface area contributed by atoms with Crippen LogP contribution >= 0.6 is 11.3 Å². The van der Waals surface area contributed by atoms with E-state index in [0.717, 1.165) is 33.7 Å². The molecule has 0 saturated carbocycles. The number of hydrogen-bond donors (Lipinski definition) is 1. The first-order valence-corrected chi connectivity index (χ1v) is 11.2. The van der Waals surface area contributed by atoms with Gasteiger partial charge in [0.2, 0.25) is 0 Å². The lowest BCUT2D eigenvalue weighted by atomic mass is 10.0. The summed E-state index contributed by atoms with van der Waals surface area (Å²) >= 11 is 1.33. The van der Waals surface area contributed by atoms with E-state index in [-0.39, 0.29) is 12.5 Å². The van der Waals surface area contributed by atoms with Crippen LogP contribution in [0.2, 0.25) is 0 Å². The predicted molar refractivity (Wildman–Crippen MR) is 127 cm³/mol. The fraction of sp³-hybridized carbons (Fsp3) is 0.280. The van der Waals surface area contributed by atoms with Gasteiger partial charge >= 0.3 is 5.97 Å². The van der Waals surface area contributed by atoms with Gasteiger partial charge in [0.15, 0.2) is 6.61 Å². The molecule has 7 heteroatoms. The van der Waals surface area contributed by atoms with Crippen LogP contribution < -0.4 is 14.8 Å². The van der Waals surface area contributed by atoms with E-state index in [1.54, 1.807) is 0 Å². The maximum Gasteiger partial charge on any atom is 0.341 e. The van der Waals surface area contributed by atoms with Crippen LogP contribution in [0.25, 0.3) is 11.1 Å². The number of ether oxygens (including phenoxy) is 3. The van der Waals surface area contributed by atoms with E-state index in [9.17, 15) is 9.59 Å². The van der Waals surface area contributed by atoms with E-state index < -0.39 is 5.97 Å². The molecule has 168 valence electrons. The molecule has 3 rings (SSSR count). The first-order valence-electron chi connectivity index (χ1n) is 10.4. The number of benzene rings is 2. The Kier molecular flexibility index (Phi) is 7.89. The molecular weight excluding hydrogens is 426 g/mol. The number of nitrogens with one attached hydrogen (secondary N) is 1. The molecule has 32 heavy (non-hydrogen) atoms. The number of thiophene rings is 1. The van der Waals surface area contributed by atoms with E-state index >= 15 is 0 Å². The fourth-order valence-corrected chi connectivity index (χ4v) is 4.41. The molecule has 0 bridgehead atoms. The Hall–Kier alpha value is -3.32. The SMILES string of the molecule is CCOc1ccc(-c2c(C)sc(NC(=O)COc3cccc(CC)c3)c2C(=O)OC)cc1. The molecule has 6 nitrogen and oxygen atoms in total. The largest absolute Gasteiger partial charge is 0.494 e. The van der Waals surface area contributed by atoms with Crippen molar-refractivity contribution in [2.75, 3.05) is 25.6 Å². The Morgan fingerprint density at radius 1 is 1.00 bits per heavy atom. The Balaban J connectivity index is 1.82. The van der Waals surface area contributed by atoms with Crippen LogP contribution in [0.1, 0.15) is 34.6 Å². The molecule has 1 amide bonds. The number of esters is 1. The highest BCUT2D eigenvalue weighted by Crippen LogP contribution is 2.40. The van der Waals surface area contributed by atoms with Gasteiger partial charge in [-0.25, -0.2) is 4.79 Å². The smallest absolute Gasteiger partial charge is 0.341 e. The quantitative estimate of drug-likeness (QED) is 0.434. The van der Waals surface area contributed by atoms with Gasteiger partial charge < -0.3 is 19.5 Å². The molecule has 1 N–H and O–H groups in total. The van der Waals surface area contributed by atoms with Gasteiger partial charge in [0, 0.05) is 10.4 Å². The topological polar surface area (TPSA) is 73.9 Å². The molecular formula is C25H27NO5S. The van der Waals surface area contributed by atoms with Crippen LogP contribution in [0, 0.1) is 6.92 Å². The van der Waals surface area contributed by atoms with Gasteiger partial charge in [-0.3, -0.25) is 4.79 Å². The lowest BCUT2D eigenvalue weighted by molar-refractivity contribution is -0.118. The van der Waals surface area contributed by atoms with E-state index in [0.29, 0.717) is 22.9 Å². The number of anilines is 1. The molecule has 0 unspecified atom stereocenters. The zero-order chi connectivity index (χ0) is 23.1. The van der Waals surface area contributed by atoms with Gasteiger partial charge in [0.25, 0.3) is 5.91 Å². The minimum Gasteiger partial charge on any atom is -0.494 e. The monoisotopic (exact) mass is 453 g/mol. The zero-order valence-electron chi connectivity index (χ0n) is 18.7. The zero-order valence-corrected chi connectivity index (χ0v) is 19.5. The Bertz CT molecular complexity index is 1090. The molecule has 0 aliphatic rings. The van der Waals surface area contributed by atoms with Crippen molar-refractivity contribution in [1.82, 2.24) is 0 Å². The van der Waals surface area contributed by atoms with Crippen molar-refractivity contribution < 1.29 is 23.8 Å². The standard InChI is InChI=1S/C25H27NO5S/c1-5-17-8-7-9-20(14-17)31-15-21(27)26-24-23(25(28)29-4)22(16(3)32-24)18-10-12-19(13-11-18)30-6-2/h7-14H,5-6,15H2,1-4H3,(H,26,27). The van der Waals surface area contributed by atoms with Gasteiger partial charge in [-0.2, -0.15) is 0 Å². The molecule has 2 aromatic carbocycles. The van der Waals surface area contributed by atoms with Gasteiger partial charge in [-0.1, -0.05) is 31.2 Å². The van der Waals surface area contributed by atoms with Crippen molar-refractivity contribution in [3.63, 3.8) is 0 Å². The molecule has 0 aliphatic heterocycles. The molecule has 0 fully saturated rings. The summed E-state index contributed by atoms with van der Waals surface area (Å²) in [7, 11) is 1.33. The van der Waals surface area contributed by atoms with Crippen LogP contribution in [0.4, 0.5) is 5.00 Å². The molecule has 0 atom stereocenters. The summed E-state index contributed by atoms with van der Waals surface area (Å²) in [6.45, 7) is 6.30. The van der Waals surface area contributed by atoms with Crippen LogP contribution in [-0.2, 0) is 16.0 Å². The van der Waals surface area contributed by atoms with Crippen molar-refractivity contribution in [2.45, 2.75) is 27.2 Å². The maximum absolute atomic E-state index is 12.6. The highest BCUT2D eigenvalue weighted by molar-refractivity contribution is 7.17. The van der Waals surface area contributed by atoms with Crippen LogP contribution in [0.5, 0.6) is 11.5 Å². The first-order chi connectivity index (χ1) is 15.5. The molecule has 0 spiro atoms. The molecule has 0 radical (unpaired) electrons. The highest BCUT2D eigenvalue weighted by Gasteiger charge is 2.25. The number of carbonyl (C=O) groups is 2. The minimum atomic E-state index is -0.509. The van der Waals surface area contributed by atoms with Gasteiger partial charge in [-0.15, -0.1) is 11.3 Å². The summed E-state index contributed by atoms with van der Waals surface area (Å²) in [4.78, 5) is 26.1. The Morgan fingerprint density at radius 2 is 1.75 bits per heavy atom. The summed E-state index contributed by atoms with van der Waals surface area (Å²) < 4.78 is 16.1. The average Bonchev–Trinajstić information content (AvgIpc) is 3.13. The van der Waals surface area contributed by atoms with Gasteiger partial charge in [-0.05, 0) is 55.7 Å². The van der Waals surface area contributed by atoms with Gasteiger partial charge in [0.1, 0.15) is 22.1 Å². The Morgan fingerprint density at radius 3 is 2.41 bits per heavy atom. The van der Waals surface area contributed by atoms with Crippen molar-refractivity contribution in [3.05, 3.63) is 64.5 Å². The summed E-state index contributed by atoms with van der Waals surface area (Å²) in [6, 6.07) is 15.1. The number of carbonyl (C=O) groups excluding carboxylic acids is 2. The van der Waals surface area contributed by atoms with Crippen molar-refractivity contribution in [3.8, 4) is 22.6 Å². The summed E-state index contributed by atoms with van der Waals surface area (Å²) in [5.41, 5.74) is 3.04. The summed E-state index contributed by atoms with van der Waals surface area (Å²) in [5, 5.41) is 3.26. The van der Waals surface area contributed by atoms with E-state index in [4.69, 9.17) is 14.2 Å². The molecule has 0 aliphatic carbocycles. The second-order valence-corrected chi connectivity index (χ2v) is 8.25. The lowest BCUT2D eigenvalue weighted by Gasteiger charge is -2.10. The third kappa shape index (κ3) is 5.48. The number of rotatable bonds is 9. The van der Waals surface area contributed by atoms with E-state index in [2.05, 4.69) is 12.2 Å². The molecule has 1 heterocycles. The summed E-state index contributed by atoms with van der Waals surface area (Å²) in [5.74, 6) is 0.522. The highest BCUT2D eigenvalue weighted by atomic mass is 32.1. The maximum atomic E-state index is 12.6. The van der Waals surface area contributed by atoms with Crippen LogP contribution in [0.15, 0.2) is 48.5 Å². The Labute approximate surface area is 192 Å². The van der Waals surface area contributed by atoms with Crippen LogP contribution in [-0.4, -0.2) is 32.2 Å². The predicted octanol–water partition coefficient (Wildman–Crippen LogP) is 5.49. The normalized spacial score (nSPS) is 10.5. The van der Waals surface area contributed by atoms with E-state index in [1.807, 2.05) is 62.4 Å². The second kappa shape index (κ2) is 10.8. The average molecular weight is 454 g/mol. The molecule has 1 aromatic heterocycles. The van der Waals surface area contributed by atoms with E-state index in [1.165, 1.54) is 18.4 Å². The number of methoxy groups -OCH3 is 1. The van der Waals surface area contributed by atoms with Crippen molar-refractivity contribution in [2.24, 2.45) is 0 Å². The number of amides is 1. The first kappa shape index (κ1) is 23.3. The van der Waals surface area contributed by atoms with Crippen molar-refractivity contribution >= 4 is 28.2 Å². The van der Waals surface area contributed by atoms with Crippen molar-refractivity contribution in [1.29, 1.82) is 0 Å². The summed E-state index contributed by atoms with van der Waals surface area (Å²) in [6.07, 6.45) is 0.884. The van der Waals surface area contributed by atoms with Crippen LogP contribution in [0.3, 0.4) is 0 Å². The third-order valence-corrected chi connectivity index (χ3v) is 5.88. The lowest BCUT2D eigenvalue weighted by Crippen LogP contribution is -2.21. The number of hydrogen-bond acceptors (Lipinski definition) is 6. The second-order valence-electron chi connectivity index (χ2n) is 7.02. The van der Waals surface area contributed by atoms with Gasteiger partial charge in [0.05, 0.1) is 13.7 Å². The molecule has 0 saturated heterocycles. The minimum absolute atomic E-state index is 0.164.